The van der Waals surface area contributed by atoms with Crippen molar-refractivity contribution in [3.05, 3.63) is 29.8 Å². The van der Waals surface area contributed by atoms with Crippen molar-refractivity contribution in [3.63, 3.8) is 0 Å². The number of benzene rings is 1. The SMILES string of the molecule is CC(C)(C)c1ccccc1N1CCC(Br)C1=O. The minimum atomic E-state index is -0.0180. The van der Waals surface area contributed by atoms with Crippen LogP contribution in [0.4, 0.5) is 5.69 Å². The van der Waals surface area contributed by atoms with E-state index in [1.54, 1.807) is 0 Å². The summed E-state index contributed by atoms with van der Waals surface area (Å²) in [5, 5.41) is 0. The van der Waals surface area contributed by atoms with Crippen LogP contribution in [0.25, 0.3) is 0 Å². The Morgan fingerprint density at radius 2 is 1.94 bits per heavy atom. The Kier molecular flexibility index (Phi) is 3.30. The lowest BCUT2D eigenvalue weighted by Gasteiger charge is -2.27. The Morgan fingerprint density at radius 1 is 1.29 bits per heavy atom. The van der Waals surface area contributed by atoms with E-state index in [-0.39, 0.29) is 16.1 Å². The van der Waals surface area contributed by atoms with Crippen molar-refractivity contribution >= 4 is 27.5 Å². The van der Waals surface area contributed by atoms with Crippen molar-refractivity contribution in [1.29, 1.82) is 0 Å². The first-order chi connectivity index (χ1) is 7.91. The molecule has 0 bridgehead atoms. The fourth-order valence-electron chi connectivity index (χ4n) is 2.23. The van der Waals surface area contributed by atoms with Gasteiger partial charge in [-0.2, -0.15) is 0 Å². The van der Waals surface area contributed by atoms with E-state index in [0.29, 0.717) is 0 Å². The molecular weight excluding hydrogens is 278 g/mol. The lowest BCUT2D eigenvalue weighted by Crippen LogP contribution is -2.29. The van der Waals surface area contributed by atoms with Crippen LogP contribution >= 0.6 is 15.9 Å². The molecule has 1 heterocycles. The molecule has 92 valence electrons. The van der Waals surface area contributed by atoms with Gasteiger partial charge in [0.05, 0.1) is 4.83 Å². The summed E-state index contributed by atoms with van der Waals surface area (Å²) >= 11 is 3.43. The minimum absolute atomic E-state index is 0.0180. The predicted octanol–water partition coefficient (Wildman–Crippen LogP) is 3.48. The van der Waals surface area contributed by atoms with Crippen LogP contribution in [0, 0.1) is 0 Å². The summed E-state index contributed by atoms with van der Waals surface area (Å²) in [6.45, 7) is 7.34. The van der Waals surface area contributed by atoms with Gasteiger partial charge in [0.2, 0.25) is 5.91 Å². The molecule has 0 saturated carbocycles. The molecule has 0 spiro atoms. The van der Waals surface area contributed by atoms with E-state index in [0.717, 1.165) is 18.7 Å². The first-order valence-corrected chi connectivity index (χ1v) is 6.88. The van der Waals surface area contributed by atoms with Gasteiger partial charge in [-0.05, 0) is 23.5 Å². The second-order valence-electron chi connectivity index (χ2n) is 5.51. The maximum atomic E-state index is 12.1. The van der Waals surface area contributed by atoms with Crippen LogP contribution in [0.1, 0.15) is 32.8 Å². The molecule has 0 radical (unpaired) electrons. The molecule has 1 amide bonds. The van der Waals surface area contributed by atoms with Crippen molar-refractivity contribution in [3.8, 4) is 0 Å². The Balaban J connectivity index is 2.43. The second-order valence-corrected chi connectivity index (χ2v) is 6.62. The number of halogens is 1. The molecule has 0 N–H and O–H groups in total. The fourth-order valence-corrected chi connectivity index (χ4v) is 2.68. The summed E-state index contributed by atoms with van der Waals surface area (Å²) < 4.78 is 0. The number of alkyl halides is 1. The Labute approximate surface area is 111 Å². The highest BCUT2D eigenvalue weighted by Crippen LogP contribution is 2.34. The van der Waals surface area contributed by atoms with Crippen LogP contribution in [-0.4, -0.2) is 17.3 Å². The number of carbonyl (C=O) groups excluding carboxylic acids is 1. The van der Waals surface area contributed by atoms with Gasteiger partial charge in [0.25, 0.3) is 0 Å². The van der Waals surface area contributed by atoms with E-state index in [4.69, 9.17) is 0 Å². The van der Waals surface area contributed by atoms with Gasteiger partial charge in [0.1, 0.15) is 0 Å². The van der Waals surface area contributed by atoms with E-state index >= 15 is 0 Å². The molecule has 0 aliphatic carbocycles. The van der Waals surface area contributed by atoms with Crippen LogP contribution in [0.15, 0.2) is 24.3 Å². The number of hydrogen-bond donors (Lipinski definition) is 0. The smallest absolute Gasteiger partial charge is 0.240 e. The normalized spacial score (nSPS) is 21.1. The predicted molar refractivity (Wildman–Crippen MR) is 74.8 cm³/mol. The van der Waals surface area contributed by atoms with Crippen molar-refractivity contribution < 1.29 is 4.79 Å². The van der Waals surface area contributed by atoms with Gasteiger partial charge in [0.15, 0.2) is 0 Å². The quantitative estimate of drug-likeness (QED) is 0.727. The van der Waals surface area contributed by atoms with Crippen LogP contribution in [0.3, 0.4) is 0 Å². The lowest BCUT2D eigenvalue weighted by atomic mass is 9.85. The first kappa shape index (κ1) is 12.6. The summed E-state index contributed by atoms with van der Waals surface area (Å²) in [5.74, 6) is 0.182. The van der Waals surface area contributed by atoms with Crippen LogP contribution in [0.2, 0.25) is 0 Å². The van der Waals surface area contributed by atoms with E-state index in [2.05, 4.69) is 42.8 Å². The molecular formula is C14H18BrNO. The number of nitrogens with zero attached hydrogens (tertiary/aromatic N) is 1. The molecule has 3 heteroatoms. The lowest BCUT2D eigenvalue weighted by molar-refractivity contribution is -0.116. The monoisotopic (exact) mass is 295 g/mol. The number of rotatable bonds is 1. The van der Waals surface area contributed by atoms with Gasteiger partial charge in [-0.25, -0.2) is 0 Å². The van der Waals surface area contributed by atoms with Gasteiger partial charge in [-0.1, -0.05) is 54.9 Å². The molecule has 1 aliphatic heterocycles. The number of amides is 1. The van der Waals surface area contributed by atoms with Gasteiger partial charge in [0, 0.05) is 12.2 Å². The largest absolute Gasteiger partial charge is 0.311 e. The Bertz CT molecular complexity index is 436. The van der Waals surface area contributed by atoms with Crippen LogP contribution in [0.5, 0.6) is 0 Å². The minimum Gasteiger partial charge on any atom is -0.311 e. The highest BCUT2D eigenvalue weighted by atomic mass is 79.9. The molecule has 17 heavy (non-hydrogen) atoms. The third kappa shape index (κ3) is 2.39. The van der Waals surface area contributed by atoms with Gasteiger partial charge >= 0.3 is 0 Å². The molecule has 0 aromatic heterocycles. The molecule has 1 aliphatic rings. The molecule has 2 rings (SSSR count). The zero-order valence-electron chi connectivity index (χ0n) is 10.5. The van der Waals surface area contributed by atoms with Crippen molar-refractivity contribution in [2.45, 2.75) is 37.4 Å². The van der Waals surface area contributed by atoms with E-state index in [9.17, 15) is 4.79 Å². The van der Waals surface area contributed by atoms with Crippen molar-refractivity contribution in [1.82, 2.24) is 0 Å². The molecule has 1 saturated heterocycles. The number of anilines is 1. The van der Waals surface area contributed by atoms with Gasteiger partial charge in [-0.15, -0.1) is 0 Å². The highest BCUT2D eigenvalue weighted by Gasteiger charge is 2.33. The zero-order chi connectivity index (χ0) is 12.6. The Morgan fingerprint density at radius 3 is 2.47 bits per heavy atom. The third-order valence-corrected chi connectivity index (χ3v) is 3.99. The molecule has 1 fully saturated rings. The van der Waals surface area contributed by atoms with Gasteiger partial charge < -0.3 is 4.90 Å². The zero-order valence-corrected chi connectivity index (χ0v) is 12.1. The molecule has 1 unspecified atom stereocenters. The summed E-state index contributed by atoms with van der Waals surface area (Å²) in [6, 6.07) is 8.20. The average Bonchev–Trinajstić information content (AvgIpc) is 2.59. The Hall–Kier alpha value is -0.830. The molecule has 1 atom stereocenters. The van der Waals surface area contributed by atoms with Crippen LogP contribution < -0.4 is 4.90 Å². The number of para-hydroxylation sites is 1. The maximum absolute atomic E-state index is 12.1. The average molecular weight is 296 g/mol. The first-order valence-electron chi connectivity index (χ1n) is 5.96. The summed E-state index contributed by atoms with van der Waals surface area (Å²) in [4.78, 5) is 13.9. The van der Waals surface area contributed by atoms with Crippen molar-refractivity contribution in [2.24, 2.45) is 0 Å². The van der Waals surface area contributed by atoms with E-state index in [1.807, 2.05) is 23.1 Å². The molecule has 1 aromatic rings. The summed E-state index contributed by atoms with van der Waals surface area (Å²) in [6.07, 6.45) is 0.886. The number of carbonyl (C=O) groups is 1. The highest BCUT2D eigenvalue weighted by molar-refractivity contribution is 9.10. The van der Waals surface area contributed by atoms with Crippen LogP contribution in [-0.2, 0) is 10.2 Å². The molecule has 1 aromatic carbocycles. The fraction of sp³-hybridized carbons (Fsp3) is 0.500. The standard InChI is InChI=1S/C14H18BrNO/c1-14(2,3)10-6-4-5-7-12(10)16-9-8-11(15)13(16)17/h4-7,11H,8-9H2,1-3H3. The summed E-state index contributed by atoms with van der Waals surface area (Å²) in [5.41, 5.74) is 2.35. The number of hydrogen-bond acceptors (Lipinski definition) is 1. The topological polar surface area (TPSA) is 20.3 Å². The van der Waals surface area contributed by atoms with Gasteiger partial charge in [-0.3, -0.25) is 4.79 Å². The third-order valence-electron chi connectivity index (χ3n) is 3.14. The molecule has 2 nitrogen and oxygen atoms in total. The van der Waals surface area contributed by atoms with Crippen molar-refractivity contribution in [2.75, 3.05) is 11.4 Å². The van der Waals surface area contributed by atoms with E-state index < -0.39 is 0 Å². The summed E-state index contributed by atoms with van der Waals surface area (Å²) in [7, 11) is 0. The second kappa shape index (κ2) is 4.45. The van der Waals surface area contributed by atoms with E-state index in [1.165, 1.54) is 5.56 Å². The maximum Gasteiger partial charge on any atom is 0.240 e.